The van der Waals surface area contributed by atoms with E-state index in [0.717, 1.165) is 6.42 Å². The molecule has 2 aromatic rings. The fraction of sp³-hybridized carbons (Fsp3) is 0.650. The Morgan fingerprint density at radius 2 is 2.00 bits per heavy atom. The molecule has 2 atom stereocenters. The molecule has 0 spiro atoms. The lowest BCUT2D eigenvalue weighted by Crippen LogP contribution is -2.43. The summed E-state index contributed by atoms with van der Waals surface area (Å²) >= 11 is 1.19. The van der Waals surface area contributed by atoms with Gasteiger partial charge in [0.05, 0.1) is 11.7 Å². The number of sulfonamides is 1. The van der Waals surface area contributed by atoms with E-state index in [9.17, 15) is 18.0 Å². The molecule has 31 heavy (non-hydrogen) atoms. The molecule has 0 radical (unpaired) electrons. The van der Waals surface area contributed by atoms with Gasteiger partial charge in [0.2, 0.25) is 15.9 Å². The largest absolute Gasteiger partial charge is 0.385 e. The number of methoxy groups -OCH3 is 1. The maximum Gasteiger partial charge on any atom is 0.263 e. The lowest BCUT2D eigenvalue weighted by Gasteiger charge is -2.34. The first-order chi connectivity index (χ1) is 14.6. The number of hydrogen-bond acceptors (Lipinski definition) is 7. The number of rotatable bonds is 8. The minimum Gasteiger partial charge on any atom is -0.385 e. The van der Waals surface area contributed by atoms with Crippen LogP contribution in [-0.4, -0.2) is 61.5 Å². The molecular weight excluding hydrogens is 440 g/mol. The van der Waals surface area contributed by atoms with Crippen LogP contribution in [0.3, 0.4) is 0 Å². The Bertz CT molecular complexity index is 1100. The van der Waals surface area contributed by atoms with Crippen molar-refractivity contribution in [2.75, 3.05) is 33.4 Å². The molecule has 3 rings (SSSR count). The zero-order valence-corrected chi connectivity index (χ0v) is 20.0. The van der Waals surface area contributed by atoms with E-state index in [1.54, 1.807) is 14.0 Å². The Labute approximate surface area is 186 Å². The summed E-state index contributed by atoms with van der Waals surface area (Å²) in [5, 5.41) is 2.79. The van der Waals surface area contributed by atoms with Crippen LogP contribution in [0.4, 0.5) is 0 Å². The van der Waals surface area contributed by atoms with Crippen molar-refractivity contribution in [1.29, 1.82) is 0 Å². The highest BCUT2D eigenvalue weighted by molar-refractivity contribution is 7.89. The Morgan fingerprint density at radius 3 is 2.65 bits per heavy atom. The van der Waals surface area contributed by atoms with E-state index in [1.807, 2.05) is 13.8 Å². The number of piperidine rings is 1. The minimum atomic E-state index is -3.85. The zero-order valence-electron chi connectivity index (χ0n) is 18.4. The average Bonchev–Trinajstić information content (AvgIpc) is 3.04. The van der Waals surface area contributed by atoms with Gasteiger partial charge in [-0.25, -0.2) is 13.4 Å². The van der Waals surface area contributed by atoms with E-state index in [4.69, 9.17) is 4.74 Å². The van der Waals surface area contributed by atoms with Crippen LogP contribution in [0.25, 0.3) is 10.2 Å². The van der Waals surface area contributed by atoms with Gasteiger partial charge in [-0.1, -0.05) is 13.8 Å². The molecule has 1 aliphatic heterocycles. The van der Waals surface area contributed by atoms with E-state index in [-0.39, 0.29) is 34.6 Å². The van der Waals surface area contributed by atoms with Gasteiger partial charge >= 0.3 is 0 Å². The summed E-state index contributed by atoms with van der Waals surface area (Å²) in [5.74, 6) is 0.162. The number of amides is 1. The van der Waals surface area contributed by atoms with Crippen molar-refractivity contribution < 1.29 is 17.9 Å². The fourth-order valence-electron chi connectivity index (χ4n) is 4.12. The molecule has 1 saturated heterocycles. The van der Waals surface area contributed by atoms with E-state index in [1.165, 1.54) is 26.5 Å². The van der Waals surface area contributed by atoms with Crippen molar-refractivity contribution in [3.8, 4) is 0 Å². The minimum absolute atomic E-state index is 0.0288. The molecule has 0 unspecified atom stereocenters. The van der Waals surface area contributed by atoms with Gasteiger partial charge in [0.1, 0.15) is 16.3 Å². The number of aryl methyl sites for hydroxylation is 1. The van der Waals surface area contributed by atoms with Crippen molar-refractivity contribution in [1.82, 2.24) is 19.2 Å². The molecule has 2 aromatic heterocycles. The summed E-state index contributed by atoms with van der Waals surface area (Å²) in [7, 11) is -2.27. The van der Waals surface area contributed by atoms with Gasteiger partial charge in [-0.05, 0) is 31.6 Å². The average molecular weight is 471 g/mol. The highest BCUT2D eigenvalue weighted by atomic mass is 32.2. The van der Waals surface area contributed by atoms with Crippen molar-refractivity contribution in [3.63, 3.8) is 0 Å². The zero-order chi connectivity index (χ0) is 22.8. The third-order valence-electron chi connectivity index (χ3n) is 5.39. The van der Waals surface area contributed by atoms with Gasteiger partial charge < -0.3 is 10.1 Å². The molecule has 172 valence electrons. The lowest BCUT2D eigenvalue weighted by atomic mass is 9.94. The summed E-state index contributed by atoms with van der Waals surface area (Å²) in [6.07, 6.45) is 2.94. The maximum absolute atomic E-state index is 13.5. The second kappa shape index (κ2) is 9.76. The number of nitrogens with one attached hydrogen (secondary N) is 1. The Morgan fingerprint density at radius 1 is 1.32 bits per heavy atom. The van der Waals surface area contributed by atoms with Gasteiger partial charge in [-0.2, -0.15) is 4.31 Å². The van der Waals surface area contributed by atoms with Crippen LogP contribution < -0.4 is 10.9 Å². The normalized spacial score (nSPS) is 20.3. The van der Waals surface area contributed by atoms with Gasteiger partial charge in [0.15, 0.2) is 0 Å². The smallest absolute Gasteiger partial charge is 0.263 e. The van der Waals surface area contributed by atoms with Crippen LogP contribution in [0.1, 0.15) is 31.6 Å². The molecule has 11 heteroatoms. The molecule has 9 nitrogen and oxygen atoms in total. The number of hydrogen-bond donors (Lipinski definition) is 1. The molecule has 3 heterocycles. The highest BCUT2D eigenvalue weighted by Gasteiger charge is 2.35. The predicted octanol–water partition coefficient (Wildman–Crippen LogP) is 1.59. The molecule has 1 amide bonds. The lowest BCUT2D eigenvalue weighted by molar-refractivity contribution is -0.121. The highest BCUT2D eigenvalue weighted by Crippen LogP contribution is 2.35. The number of ether oxygens (including phenoxy) is 1. The van der Waals surface area contributed by atoms with Crippen molar-refractivity contribution >= 4 is 37.5 Å². The summed E-state index contributed by atoms with van der Waals surface area (Å²) in [6.45, 7) is 7.37. The Balaban J connectivity index is 1.94. The standard InChI is InChI=1S/C20H30N4O5S2/c1-13-8-14(2)10-24(9-13)31(27,28)18-15(3)30-19-17(18)20(26)23(12-22-19)11-16(25)21-6-5-7-29-4/h12-14H,5-11H2,1-4H3,(H,21,25)/t13-,14-/m0/s1. The second-order valence-electron chi connectivity index (χ2n) is 8.31. The molecule has 0 bridgehead atoms. The molecule has 1 N–H and O–H groups in total. The van der Waals surface area contributed by atoms with Crippen molar-refractivity contribution in [3.05, 3.63) is 21.6 Å². The quantitative estimate of drug-likeness (QED) is 0.587. The molecule has 0 saturated carbocycles. The van der Waals surface area contributed by atoms with Crippen LogP contribution in [-0.2, 0) is 26.1 Å². The van der Waals surface area contributed by atoms with Crippen LogP contribution in [0.15, 0.2) is 16.0 Å². The molecule has 1 aliphatic rings. The number of fused-ring (bicyclic) bond motifs is 1. The molecule has 1 fully saturated rings. The van der Waals surface area contributed by atoms with E-state index in [2.05, 4.69) is 10.3 Å². The van der Waals surface area contributed by atoms with Gasteiger partial charge in [-0.15, -0.1) is 11.3 Å². The number of thiophene rings is 1. The Kier molecular flexibility index (Phi) is 7.51. The van der Waals surface area contributed by atoms with Crippen LogP contribution in [0, 0.1) is 18.8 Å². The third kappa shape index (κ3) is 5.16. The van der Waals surface area contributed by atoms with Crippen LogP contribution in [0.5, 0.6) is 0 Å². The summed E-state index contributed by atoms with van der Waals surface area (Å²) in [6, 6.07) is 0. The van der Waals surface area contributed by atoms with E-state index >= 15 is 0 Å². The van der Waals surface area contributed by atoms with Crippen molar-refractivity contribution in [2.24, 2.45) is 11.8 Å². The monoisotopic (exact) mass is 470 g/mol. The first-order valence-corrected chi connectivity index (χ1v) is 12.6. The summed E-state index contributed by atoms with van der Waals surface area (Å²) < 4.78 is 34.7. The van der Waals surface area contributed by atoms with Gasteiger partial charge in [0, 0.05) is 38.2 Å². The second-order valence-corrected chi connectivity index (χ2v) is 11.4. The topological polar surface area (TPSA) is 111 Å². The summed E-state index contributed by atoms with van der Waals surface area (Å²) in [4.78, 5) is 30.6. The first kappa shape index (κ1) is 23.8. The SMILES string of the molecule is COCCCNC(=O)Cn1cnc2sc(C)c(S(=O)(=O)N3C[C@@H](C)C[C@H](C)C3)c2c1=O. The Hall–Kier alpha value is -1.82. The fourth-order valence-corrected chi connectivity index (χ4v) is 7.47. The van der Waals surface area contributed by atoms with E-state index in [0.29, 0.717) is 42.4 Å². The molecule has 0 aliphatic carbocycles. The first-order valence-electron chi connectivity index (χ1n) is 10.4. The van der Waals surface area contributed by atoms with E-state index < -0.39 is 15.6 Å². The number of nitrogens with zero attached hydrogens (tertiary/aromatic N) is 3. The van der Waals surface area contributed by atoms with Crippen LogP contribution >= 0.6 is 11.3 Å². The number of carbonyl (C=O) groups is 1. The predicted molar refractivity (Wildman–Crippen MR) is 120 cm³/mol. The van der Waals surface area contributed by atoms with Crippen LogP contribution in [0.2, 0.25) is 0 Å². The summed E-state index contributed by atoms with van der Waals surface area (Å²) in [5.41, 5.74) is -0.516. The van der Waals surface area contributed by atoms with Gasteiger partial charge in [-0.3, -0.25) is 14.2 Å². The molecule has 0 aromatic carbocycles. The number of carbonyl (C=O) groups excluding carboxylic acids is 1. The van der Waals surface area contributed by atoms with Gasteiger partial charge in [0.25, 0.3) is 5.56 Å². The maximum atomic E-state index is 13.5. The third-order valence-corrected chi connectivity index (χ3v) is 8.54. The molecular formula is C20H30N4O5S2. The van der Waals surface area contributed by atoms with Crippen molar-refractivity contribution in [2.45, 2.75) is 45.1 Å². The number of aromatic nitrogens is 2.